The molecule has 0 aliphatic carbocycles. The Morgan fingerprint density at radius 2 is 1.89 bits per heavy atom. The molecular weight excluding hydrogens is 360 g/mol. The average molecular weight is 387 g/mol. The van der Waals surface area contributed by atoms with Gasteiger partial charge in [0.2, 0.25) is 6.79 Å². The number of hydrogen-bond acceptors (Lipinski definition) is 7. The first-order valence-electron chi connectivity index (χ1n) is 9.73. The van der Waals surface area contributed by atoms with Gasteiger partial charge in [0.1, 0.15) is 0 Å². The van der Waals surface area contributed by atoms with E-state index >= 15 is 0 Å². The first kappa shape index (κ1) is 17.3. The SMILES string of the molecule is CC(c1ccc2c(c1)OCO2)N1CCN(c2nc3c(s2)CN(C)CC3)CC1. The van der Waals surface area contributed by atoms with E-state index < -0.39 is 0 Å². The number of anilines is 1. The minimum atomic E-state index is 0.333. The monoisotopic (exact) mass is 386 g/mol. The zero-order valence-electron chi connectivity index (χ0n) is 16.0. The van der Waals surface area contributed by atoms with Gasteiger partial charge in [-0.15, -0.1) is 11.3 Å². The molecule has 3 aliphatic heterocycles. The third kappa shape index (κ3) is 3.28. The Balaban J connectivity index is 1.24. The molecule has 1 aromatic carbocycles. The van der Waals surface area contributed by atoms with Crippen molar-refractivity contribution in [3.8, 4) is 11.5 Å². The number of hydrogen-bond donors (Lipinski definition) is 0. The summed E-state index contributed by atoms with van der Waals surface area (Å²) in [5, 5.41) is 1.21. The highest BCUT2D eigenvalue weighted by molar-refractivity contribution is 7.15. The maximum absolute atomic E-state index is 5.54. The van der Waals surface area contributed by atoms with Crippen molar-refractivity contribution in [2.45, 2.75) is 25.9 Å². The fraction of sp³-hybridized carbons (Fsp3) is 0.550. The molecule has 0 N–H and O–H groups in total. The van der Waals surface area contributed by atoms with Crippen LogP contribution in [0, 0.1) is 0 Å². The lowest BCUT2D eigenvalue weighted by Gasteiger charge is -2.38. The molecule has 1 unspecified atom stereocenters. The van der Waals surface area contributed by atoms with Crippen LogP contribution >= 0.6 is 11.3 Å². The number of thiazole rings is 1. The van der Waals surface area contributed by atoms with E-state index in [9.17, 15) is 0 Å². The van der Waals surface area contributed by atoms with E-state index in [1.165, 1.54) is 21.3 Å². The summed E-state index contributed by atoms with van der Waals surface area (Å²) >= 11 is 1.89. The van der Waals surface area contributed by atoms with Crippen molar-refractivity contribution in [3.05, 3.63) is 34.3 Å². The highest BCUT2D eigenvalue weighted by atomic mass is 32.1. The van der Waals surface area contributed by atoms with Crippen LogP contribution in [0.3, 0.4) is 0 Å². The van der Waals surface area contributed by atoms with Crippen LogP contribution in [0.5, 0.6) is 11.5 Å². The molecule has 4 heterocycles. The number of ether oxygens (including phenoxy) is 2. The fourth-order valence-electron chi connectivity index (χ4n) is 4.13. The van der Waals surface area contributed by atoms with E-state index in [1.807, 2.05) is 17.4 Å². The predicted molar refractivity (Wildman–Crippen MR) is 107 cm³/mol. The van der Waals surface area contributed by atoms with Crippen LogP contribution in [0.1, 0.15) is 29.1 Å². The van der Waals surface area contributed by atoms with Crippen molar-refractivity contribution in [1.82, 2.24) is 14.8 Å². The van der Waals surface area contributed by atoms with Crippen molar-refractivity contribution in [3.63, 3.8) is 0 Å². The second-order valence-electron chi connectivity index (χ2n) is 7.67. The van der Waals surface area contributed by atoms with Crippen LogP contribution in [0.4, 0.5) is 5.13 Å². The van der Waals surface area contributed by atoms with Gasteiger partial charge in [-0.25, -0.2) is 4.98 Å². The summed E-state index contributed by atoms with van der Waals surface area (Å²) in [6, 6.07) is 6.70. The van der Waals surface area contributed by atoms with Crippen LogP contribution in [0.2, 0.25) is 0 Å². The van der Waals surface area contributed by atoms with Crippen LogP contribution in [0.15, 0.2) is 18.2 Å². The molecule has 0 spiro atoms. The maximum atomic E-state index is 5.54. The Kier molecular flexibility index (Phi) is 4.46. The zero-order valence-corrected chi connectivity index (χ0v) is 16.8. The molecule has 7 heteroatoms. The number of likely N-dealkylation sites (N-methyl/N-ethyl adjacent to an activating group) is 1. The predicted octanol–water partition coefficient (Wildman–Crippen LogP) is 2.74. The second kappa shape index (κ2) is 6.96. The van der Waals surface area contributed by atoms with Crippen LogP contribution in [-0.4, -0.2) is 61.3 Å². The minimum Gasteiger partial charge on any atom is -0.454 e. The highest BCUT2D eigenvalue weighted by Gasteiger charge is 2.27. The summed E-state index contributed by atoms with van der Waals surface area (Å²) in [5.74, 6) is 1.73. The third-order valence-electron chi connectivity index (χ3n) is 5.92. The molecule has 6 nitrogen and oxygen atoms in total. The summed E-state index contributed by atoms with van der Waals surface area (Å²) in [7, 11) is 2.19. The zero-order chi connectivity index (χ0) is 18.4. The van der Waals surface area contributed by atoms with Gasteiger partial charge in [0, 0.05) is 56.6 Å². The number of benzene rings is 1. The van der Waals surface area contributed by atoms with E-state index in [2.05, 4.69) is 40.8 Å². The lowest BCUT2D eigenvalue weighted by atomic mass is 10.1. The number of aromatic nitrogens is 1. The molecule has 27 heavy (non-hydrogen) atoms. The van der Waals surface area contributed by atoms with E-state index in [-0.39, 0.29) is 0 Å². The molecule has 2 aromatic rings. The minimum absolute atomic E-state index is 0.333. The lowest BCUT2D eigenvalue weighted by molar-refractivity contribution is 0.173. The van der Waals surface area contributed by atoms with Crippen LogP contribution in [-0.2, 0) is 13.0 Å². The van der Waals surface area contributed by atoms with Gasteiger partial charge in [-0.3, -0.25) is 4.90 Å². The summed E-state index contributed by atoms with van der Waals surface area (Å²) < 4.78 is 11.0. The normalized spacial score (nSPS) is 21.3. The molecule has 0 saturated carbocycles. The summed E-state index contributed by atoms with van der Waals surface area (Å²) in [6.45, 7) is 8.98. The summed E-state index contributed by atoms with van der Waals surface area (Å²) in [4.78, 5) is 13.8. The lowest BCUT2D eigenvalue weighted by Crippen LogP contribution is -2.47. The second-order valence-corrected chi connectivity index (χ2v) is 8.73. The van der Waals surface area contributed by atoms with Gasteiger partial charge in [-0.2, -0.15) is 0 Å². The van der Waals surface area contributed by atoms with E-state index in [0.717, 1.165) is 57.2 Å². The Labute approximate surface area is 164 Å². The van der Waals surface area contributed by atoms with Crippen molar-refractivity contribution in [1.29, 1.82) is 0 Å². The molecule has 0 bridgehead atoms. The van der Waals surface area contributed by atoms with Crippen molar-refractivity contribution in [2.24, 2.45) is 0 Å². The molecule has 144 valence electrons. The van der Waals surface area contributed by atoms with E-state index in [4.69, 9.17) is 14.5 Å². The van der Waals surface area contributed by atoms with Crippen LogP contribution < -0.4 is 14.4 Å². The van der Waals surface area contributed by atoms with Gasteiger partial charge in [0.25, 0.3) is 0 Å². The van der Waals surface area contributed by atoms with Crippen LogP contribution in [0.25, 0.3) is 0 Å². The van der Waals surface area contributed by atoms with Gasteiger partial charge in [-0.05, 0) is 31.7 Å². The standard InChI is InChI=1S/C20H26N4O2S/c1-14(15-3-4-17-18(11-15)26-13-25-17)23-7-9-24(10-8-23)20-21-16-5-6-22(2)12-19(16)27-20/h3-4,11,14H,5-10,12-13H2,1-2H3. The number of rotatable bonds is 3. The maximum Gasteiger partial charge on any atom is 0.231 e. The molecular formula is C20H26N4O2S. The van der Waals surface area contributed by atoms with Gasteiger partial charge < -0.3 is 19.3 Å². The average Bonchev–Trinajstić information content (AvgIpc) is 3.33. The van der Waals surface area contributed by atoms with Crippen molar-refractivity contribution < 1.29 is 9.47 Å². The molecule has 1 atom stereocenters. The topological polar surface area (TPSA) is 41.1 Å². The van der Waals surface area contributed by atoms with Gasteiger partial charge in [0.15, 0.2) is 16.6 Å². The fourth-order valence-corrected chi connectivity index (χ4v) is 5.37. The van der Waals surface area contributed by atoms with Gasteiger partial charge in [-0.1, -0.05) is 6.07 Å². The third-order valence-corrected chi connectivity index (χ3v) is 7.07. The largest absolute Gasteiger partial charge is 0.454 e. The van der Waals surface area contributed by atoms with Gasteiger partial charge in [0.05, 0.1) is 5.69 Å². The number of piperazine rings is 1. The molecule has 3 aliphatic rings. The van der Waals surface area contributed by atoms with Gasteiger partial charge >= 0.3 is 0 Å². The molecule has 1 fully saturated rings. The molecule has 0 radical (unpaired) electrons. The Bertz CT molecular complexity index is 831. The van der Waals surface area contributed by atoms with E-state index in [1.54, 1.807) is 0 Å². The highest BCUT2D eigenvalue weighted by Crippen LogP contribution is 2.36. The Hall–Kier alpha value is -1.83. The molecule has 1 aromatic heterocycles. The van der Waals surface area contributed by atoms with E-state index in [0.29, 0.717) is 12.8 Å². The number of nitrogens with zero attached hydrogens (tertiary/aromatic N) is 4. The summed E-state index contributed by atoms with van der Waals surface area (Å²) in [5.41, 5.74) is 2.62. The smallest absolute Gasteiger partial charge is 0.231 e. The molecule has 0 amide bonds. The quantitative estimate of drug-likeness (QED) is 0.808. The molecule has 1 saturated heterocycles. The summed E-state index contributed by atoms with van der Waals surface area (Å²) in [6.07, 6.45) is 1.09. The Morgan fingerprint density at radius 1 is 1.07 bits per heavy atom. The first-order chi connectivity index (χ1) is 13.2. The first-order valence-corrected chi connectivity index (χ1v) is 10.5. The van der Waals surface area contributed by atoms with Crippen molar-refractivity contribution >= 4 is 16.5 Å². The molecule has 5 rings (SSSR count). The van der Waals surface area contributed by atoms with Crippen molar-refractivity contribution in [2.75, 3.05) is 51.5 Å². The number of fused-ring (bicyclic) bond motifs is 2. The Morgan fingerprint density at radius 3 is 2.74 bits per heavy atom.